The van der Waals surface area contributed by atoms with Crippen LogP contribution in [0.4, 0.5) is 0 Å². The molecule has 0 saturated carbocycles. The highest BCUT2D eigenvalue weighted by molar-refractivity contribution is 7.91. The van der Waals surface area contributed by atoms with Gasteiger partial charge in [0.15, 0.2) is 9.84 Å². The third kappa shape index (κ3) is 3.85. The monoisotopic (exact) mass is 333 g/mol. The molecule has 0 unspecified atom stereocenters. The van der Waals surface area contributed by atoms with Crippen LogP contribution in [0.5, 0.6) is 5.75 Å². The Morgan fingerprint density at radius 3 is 2.78 bits per heavy atom. The van der Waals surface area contributed by atoms with Gasteiger partial charge in [-0.1, -0.05) is 37.3 Å². The fourth-order valence-corrected chi connectivity index (χ4v) is 4.76. The van der Waals surface area contributed by atoms with Crippen LogP contribution in [0.15, 0.2) is 36.4 Å². The van der Waals surface area contributed by atoms with Crippen LogP contribution >= 0.6 is 0 Å². The maximum atomic E-state index is 11.6. The van der Waals surface area contributed by atoms with Crippen LogP contribution in [0.2, 0.25) is 0 Å². The number of rotatable bonds is 6. The first-order chi connectivity index (χ1) is 11.1. The molecule has 5 heteroatoms. The molecule has 1 aliphatic heterocycles. The van der Waals surface area contributed by atoms with Gasteiger partial charge in [-0.3, -0.25) is 0 Å². The molecule has 1 saturated heterocycles. The van der Waals surface area contributed by atoms with Gasteiger partial charge in [0.25, 0.3) is 0 Å². The largest absolute Gasteiger partial charge is 0.493 e. The Hall–Kier alpha value is -1.59. The van der Waals surface area contributed by atoms with Gasteiger partial charge in [-0.2, -0.15) is 0 Å². The predicted molar refractivity (Wildman–Crippen MR) is 93.6 cm³/mol. The molecule has 0 aliphatic carbocycles. The second-order valence-electron chi connectivity index (χ2n) is 6.09. The van der Waals surface area contributed by atoms with Gasteiger partial charge in [0.1, 0.15) is 5.75 Å². The number of fused-ring (bicyclic) bond motifs is 1. The number of benzene rings is 2. The molecule has 3 rings (SSSR count). The quantitative estimate of drug-likeness (QED) is 0.883. The lowest BCUT2D eigenvalue weighted by atomic mass is 10.0. The van der Waals surface area contributed by atoms with Gasteiger partial charge in [-0.25, -0.2) is 8.42 Å². The standard InChI is InChI=1S/C18H23NO3S/c1-2-10-22-18-8-7-14-5-3-4-6-16(14)17(18)12-19-15-9-11-23(20,21)13-15/h3-8,15,19H,2,9-13H2,1H3/t15-/m0/s1. The van der Waals surface area contributed by atoms with E-state index in [4.69, 9.17) is 4.74 Å². The molecule has 1 aliphatic rings. The number of ether oxygens (including phenoxy) is 1. The second-order valence-corrected chi connectivity index (χ2v) is 8.32. The summed E-state index contributed by atoms with van der Waals surface area (Å²) in [6.45, 7) is 3.39. The Balaban J connectivity index is 1.84. The molecule has 1 fully saturated rings. The van der Waals surface area contributed by atoms with Crippen molar-refractivity contribution < 1.29 is 13.2 Å². The molecule has 2 aromatic rings. The van der Waals surface area contributed by atoms with Crippen LogP contribution < -0.4 is 10.1 Å². The summed E-state index contributed by atoms with van der Waals surface area (Å²) >= 11 is 0. The third-order valence-electron chi connectivity index (χ3n) is 4.26. The first-order valence-electron chi connectivity index (χ1n) is 8.16. The van der Waals surface area contributed by atoms with Gasteiger partial charge in [-0.05, 0) is 29.7 Å². The summed E-state index contributed by atoms with van der Waals surface area (Å²) in [5, 5.41) is 5.74. The molecule has 124 valence electrons. The minimum absolute atomic E-state index is 0.0398. The molecule has 0 bridgehead atoms. The van der Waals surface area contributed by atoms with Crippen molar-refractivity contribution in [1.82, 2.24) is 5.32 Å². The number of hydrogen-bond acceptors (Lipinski definition) is 4. The van der Waals surface area contributed by atoms with Gasteiger partial charge >= 0.3 is 0 Å². The van der Waals surface area contributed by atoms with E-state index in [9.17, 15) is 8.42 Å². The Morgan fingerprint density at radius 2 is 2.04 bits per heavy atom. The van der Waals surface area contributed by atoms with Crippen molar-refractivity contribution >= 4 is 20.6 Å². The second kappa shape index (κ2) is 6.89. The first-order valence-corrected chi connectivity index (χ1v) is 9.98. The van der Waals surface area contributed by atoms with Crippen molar-refractivity contribution in [2.45, 2.75) is 32.4 Å². The topological polar surface area (TPSA) is 55.4 Å². The first kappa shape index (κ1) is 16.3. The van der Waals surface area contributed by atoms with Crippen LogP contribution in [0.3, 0.4) is 0 Å². The van der Waals surface area contributed by atoms with Crippen LogP contribution in [0, 0.1) is 0 Å². The van der Waals surface area contributed by atoms with Gasteiger partial charge in [0, 0.05) is 18.2 Å². The van der Waals surface area contributed by atoms with Crippen molar-refractivity contribution in [1.29, 1.82) is 0 Å². The van der Waals surface area contributed by atoms with Crippen molar-refractivity contribution in [2.75, 3.05) is 18.1 Å². The van der Waals surface area contributed by atoms with E-state index >= 15 is 0 Å². The summed E-state index contributed by atoms with van der Waals surface area (Å²) in [6, 6.07) is 12.4. The van der Waals surface area contributed by atoms with E-state index < -0.39 is 9.84 Å². The molecule has 0 amide bonds. The molecule has 0 aromatic heterocycles. The highest BCUT2D eigenvalue weighted by Crippen LogP contribution is 2.28. The van der Waals surface area contributed by atoms with E-state index in [1.165, 1.54) is 5.39 Å². The summed E-state index contributed by atoms with van der Waals surface area (Å²) in [5.74, 6) is 1.42. The zero-order valence-electron chi connectivity index (χ0n) is 13.4. The van der Waals surface area contributed by atoms with Crippen molar-refractivity contribution in [3.05, 3.63) is 42.0 Å². The van der Waals surface area contributed by atoms with Crippen molar-refractivity contribution in [3.8, 4) is 5.75 Å². The number of nitrogens with one attached hydrogen (secondary N) is 1. The molecular weight excluding hydrogens is 310 g/mol. The lowest BCUT2D eigenvalue weighted by molar-refractivity contribution is 0.313. The molecule has 0 radical (unpaired) electrons. The van der Waals surface area contributed by atoms with Gasteiger partial charge < -0.3 is 10.1 Å². The van der Waals surface area contributed by atoms with E-state index in [0.717, 1.165) is 23.1 Å². The van der Waals surface area contributed by atoms with E-state index in [1.807, 2.05) is 18.2 Å². The van der Waals surface area contributed by atoms with Crippen molar-refractivity contribution in [3.63, 3.8) is 0 Å². The summed E-state index contributed by atoms with van der Waals surface area (Å²) in [4.78, 5) is 0. The number of hydrogen-bond donors (Lipinski definition) is 1. The van der Waals surface area contributed by atoms with E-state index in [1.54, 1.807) is 0 Å². The zero-order chi connectivity index (χ0) is 16.3. The average Bonchev–Trinajstić information content (AvgIpc) is 2.90. The molecular formula is C18H23NO3S. The Labute approximate surface area is 137 Å². The summed E-state index contributed by atoms with van der Waals surface area (Å²) in [7, 11) is -2.86. The van der Waals surface area contributed by atoms with E-state index in [0.29, 0.717) is 25.3 Å². The fourth-order valence-electron chi connectivity index (χ4n) is 3.05. The zero-order valence-corrected chi connectivity index (χ0v) is 14.2. The maximum absolute atomic E-state index is 11.6. The molecule has 23 heavy (non-hydrogen) atoms. The van der Waals surface area contributed by atoms with Crippen LogP contribution in [-0.2, 0) is 16.4 Å². The van der Waals surface area contributed by atoms with E-state index in [2.05, 4.69) is 30.4 Å². The Bertz CT molecular complexity index is 786. The Kier molecular flexibility index (Phi) is 4.87. The van der Waals surface area contributed by atoms with Crippen LogP contribution in [0.1, 0.15) is 25.3 Å². The normalized spacial score (nSPS) is 20.0. The van der Waals surface area contributed by atoms with Gasteiger partial charge in [-0.15, -0.1) is 0 Å². The SMILES string of the molecule is CCCOc1ccc2ccccc2c1CN[C@H]1CCS(=O)(=O)C1. The average molecular weight is 333 g/mol. The highest BCUT2D eigenvalue weighted by Gasteiger charge is 2.27. The minimum atomic E-state index is -2.86. The summed E-state index contributed by atoms with van der Waals surface area (Å²) < 4.78 is 29.1. The minimum Gasteiger partial charge on any atom is -0.493 e. The molecule has 1 atom stereocenters. The van der Waals surface area contributed by atoms with Gasteiger partial charge in [0.2, 0.25) is 0 Å². The predicted octanol–water partition coefficient (Wildman–Crippen LogP) is 2.91. The summed E-state index contributed by atoms with van der Waals surface area (Å²) in [6.07, 6.45) is 1.65. The lowest BCUT2D eigenvalue weighted by Gasteiger charge is -2.17. The Morgan fingerprint density at radius 1 is 1.22 bits per heavy atom. The molecule has 1 N–H and O–H groups in total. The van der Waals surface area contributed by atoms with Gasteiger partial charge in [0.05, 0.1) is 18.1 Å². The highest BCUT2D eigenvalue weighted by atomic mass is 32.2. The van der Waals surface area contributed by atoms with Crippen molar-refractivity contribution in [2.24, 2.45) is 0 Å². The smallest absolute Gasteiger partial charge is 0.151 e. The molecule has 2 aromatic carbocycles. The molecule has 1 heterocycles. The molecule has 4 nitrogen and oxygen atoms in total. The van der Waals surface area contributed by atoms with E-state index in [-0.39, 0.29) is 11.8 Å². The fraction of sp³-hybridized carbons (Fsp3) is 0.444. The van der Waals surface area contributed by atoms with Crippen LogP contribution in [-0.4, -0.2) is 32.6 Å². The maximum Gasteiger partial charge on any atom is 0.151 e. The van der Waals surface area contributed by atoms with Crippen LogP contribution in [0.25, 0.3) is 10.8 Å². The summed E-state index contributed by atoms with van der Waals surface area (Å²) in [5.41, 5.74) is 1.11. The third-order valence-corrected chi connectivity index (χ3v) is 6.03. The lowest BCUT2D eigenvalue weighted by Crippen LogP contribution is -2.29. The molecule has 0 spiro atoms. The number of sulfone groups is 1.